The summed E-state index contributed by atoms with van der Waals surface area (Å²) in [6.07, 6.45) is 2.25. The van der Waals surface area contributed by atoms with Gasteiger partial charge in [-0.05, 0) is 34.9 Å². The minimum absolute atomic E-state index is 0.754. The zero-order chi connectivity index (χ0) is 17.9. The predicted molar refractivity (Wildman–Crippen MR) is 107 cm³/mol. The van der Waals surface area contributed by atoms with E-state index in [2.05, 4.69) is 59.6 Å². The maximum Gasteiger partial charge on any atom is 0.123 e. The van der Waals surface area contributed by atoms with E-state index in [1.54, 1.807) is 7.11 Å². The molecule has 0 fully saturated rings. The van der Waals surface area contributed by atoms with Gasteiger partial charge >= 0.3 is 0 Å². The van der Waals surface area contributed by atoms with Crippen LogP contribution in [0.15, 0.2) is 79.0 Å². The molecule has 1 aliphatic heterocycles. The van der Waals surface area contributed by atoms with Crippen LogP contribution in [0, 0.1) is 0 Å². The highest BCUT2D eigenvalue weighted by atomic mass is 35.5. The second kappa shape index (κ2) is 7.27. The number of benzene rings is 3. The zero-order valence-corrected chi connectivity index (χ0v) is 15.4. The number of hydrogen-bond acceptors (Lipinski definition) is 2. The summed E-state index contributed by atoms with van der Waals surface area (Å²) in [6.45, 7) is 1.68. The summed E-state index contributed by atoms with van der Waals surface area (Å²) >= 11 is 6.08. The van der Waals surface area contributed by atoms with E-state index in [-0.39, 0.29) is 0 Å². The van der Waals surface area contributed by atoms with Crippen LogP contribution in [0.25, 0.3) is 5.57 Å². The van der Waals surface area contributed by atoms with Crippen molar-refractivity contribution in [2.24, 2.45) is 0 Å². The highest BCUT2D eigenvalue weighted by Crippen LogP contribution is 2.33. The Labute approximate surface area is 159 Å². The molecule has 1 aliphatic rings. The van der Waals surface area contributed by atoms with Gasteiger partial charge in [0.2, 0.25) is 0 Å². The van der Waals surface area contributed by atoms with Gasteiger partial charge < -0.3 is 9.64 Å². The molecule has 3 heteroatoms. The van der Waals surface area contributed by atoms with Crippen molar-refractivity contribution in [3.8, 4) is 5.75 Å². The smallest absolute Gasteiger partial charge is 0.123 e. The first kappa shape index (κ1) is 16.7. The van der Waals surface area contributed by atoms with Crippen molar-refractivity contribution in [1.29, 1.82) is 0 Å². The zero-order valence-electron chi connectivity index (χ0n) is 14.7. The number of halogens is 1. The molecular weight excluding hydrogens is 342 g/mol. The Balaban J connectivity index is 1.73. The number of ether oxygens (including phenoxy) is 1. The minimum Gasteiger partial charge on any atom is -0.496 e. The van der Waals surface area contributed by atoms with Crippen LogP contribution in [0.1, 0.15) is 22.3 Å². The van der Waals surface area contributed by atoms with Crippen LogP contribution in [0.2, 0.25) is 5.02 Å². The van der Waals surface area contributed by atoms with Crippen molar-refractivity contribution >= 4 is 17.2 Å². The molecule has 2 nitrogen and oxygen atoms in total. The van der Waals surface area contributed by atoms with E-state index in [1.807, 2.05) is 24.3 Å². The Hall–Kier alpha value is -2.71. The average molecular weight is 362 g/mol. The van der Waals surface area contributed by atoms with Crippen molar-refractivity contribution < 1.29 is 4.74 Å². The van der Waals surface area contributed by atoms with Crippen molar-refractivity contribution in [2.45, 2.75) is 13.1 Å². The van der Waals surface area contributed by atoms with Crippen LogP contribution in [0.5, 0.6) is 5.75 Å². The number of fused-ring (bicyclic) bond motifs is 1. The first-order chi connectivity index (χ1) is 12.7. The third-order valence-electron chi connectivity index (χ3n) is 4.71. The lowest BCUT2D eigenvalue weighted by Crippen LogP contribution is -2.22. The number of rotatable bonds is 4. The van der Waals surface area contributed by atoms with E-state index in [0.717, 1.165) is 23.9 Å². The van der Waals surface area contributed by atoms with E-state index in [0.29, 0.717) is 0 Å². The molecule has 3 aromatic rings. The third-order valence-corrected chi connectivity index (χ3v) is 4.97. The van der Waals surface area contributed by atoms with Gasteiger partial charge in [-0.3, -0.25) is 0 Å². The van der Waals surface area contributed by atoms with Gasteiger partial charge in [-0.1, -0.05) is 66.2 Å². The minimum atomic E-state index is 0.754. The molecular formula is C23H20ClNO. The summed E-state index contributed by atoms with van der Waals surface area (Å²) < 4.78 is 5.52. The van der Waals surface area contributed by atoms with Gasteiger partial charge in [0.05, 0.1) is 7.11 Å². The van der Waals surface area contributed by atoms with Crippen LogP contribution in [0.3, 0.4) is 0 Å². The molecule has 130 valence electrons. The second-order valence-electron chi connectivity index (χ2n) is 6.42. The molecule has 0 unspecified atom stereocenters. The molecule has 0 atom stereocenters. The summed E-state index contributed by atoms with van der Waals surface area (Å²) in [6, 6.07) is 24.8. The van der Waals surface area contributed by atoms with Gasteiger partial charge in [0.15, 0.2) is 0 Å². The Bertz CT molecular complexity index is 946. The van der Waals surface area contributed by atoms with Gasteiger partial charge in [0.25, 0.3) is 0 Å². The highest BCUT2D eigenvalue weighted by Gasteiger charge is 2.19. The van der Waals surface area contributed by atoms with Crippen molar-refractivity contribution in [3.05, 3.63) is 106 Å². The summed E-state index contributed by atoms with van der Waals surface area (Å²) in [5.74, 6) is 0.924. The first-order valence-corrected chi connectivity index (χ1v) is 9.04. The SMILES string of the molecule is COc1ccccc1CN1C=C(c2ccc(Cl)cc2)c2ccccc2C1. The van der Waals surface area contributed by atoms with Crippen molar-refractivity contribution in [1.82, 2.24) is 4.90 Å². The molecule has 0 aliphatic carbocycles. The summed E-state index contributed by atoms with van der Waals surface area (Å²) in [5, 5.41) is 0.754. The molecule has 1 heterocycles. The Kier molecular flexibility index (Phi) is 4.68. The average Bonchev–Trinajstić information content (AvgIpc) is 2.68. The van der Waals surface area contributed by atoms with E-state index in [1.165, 1.54) is 27.8 Å². The first-order valence-electron chi connectivity index (χ1n) is 8.66. The Morgan fingerprint density at radius 2 is 1.65 bits per heavy atom. The van der Waals surface area contributed by atoms with E-state index in [4.69, 9.17) is 16.3 Å². The fourth-order valence-corrected chi connectivity index (χ4v) is 3.58. The molecule has 0 N–H and O–H groups in total. The maximum absolute atomic E-state index is 6.08. The number of para-hydroxylation sites is 1. The lowest BCUT2D eigenvalue weighted by molar-refractivity contribution is 0.343. The summed E-state index contributed by atoms with van der Waals surface area (Å²) in [5.41, 5.74) is 6.19. The lowest BCUT2D eigenvalue weighted by Gasteiger charge is -2.29. The lowest BCUT2D eigenvalue weighted by atomic mass is 9.91. The van der Waals surface area contributed by atoms with Gasteiger partial charge in [-0.25, -0.2) is 0 Å². The molecule has 0 amide bonds. The molecule has 3 aromatic carbocycles. The second-order valence-corrected chi connectivity index (χ2v) is 6.86. The van der Waals surface area contributed by atoms with Gasteiger partial charge in [0.1, 0.15) is 5.75 Å². The van der Waals surface area contributed by atoms with E-state index < -0.39 is 0 Å². The molecule has 0 radical (unpaired) electrons. The fourth-order valence-electron chi connectivity index (χ4n) is 3.45. The Morgan fingerprint density at radius 3 is 2.46 bits per heavy atom. The van der Waals surface area contributed by atoms with Crippen LogP contribution in [-0.2, 0) is 13.1 Å². The van der Waals surface area contributed by atoms with Crippen molar-refractivity contribution in [2.75, 3.05) is 7.11 Å². The van der Waals surface area contributed by atoms with Gasteiger partial charge in [-0.15, -0.1) is 0 Å². The fraction of sp³-hybridized carbons (Fsp3) is 0.130. The number of nitrogens with zero attached hydrogens (tertiary/aromatic N) is 1. The largest absolute Gasteiger partial charge is 0.496 e. The topological polar surface area (TPSA) is 12.5 Å². The maximum atomic E-state index is 6.08. The number of methoxy groups -OCH3 is 1. The summed E-state index contributed by atoms with van der Waals surface area (Å²) in [4.78, 5) is 2.34. The molecule has 26 heavy (non-hydrogen) atoms. The number of hydrogen-bond donors (Lipinski definition) is 0. The summed E-state index contributed by atoms with van der Waals surface area (Å²) in [7, 11) is 1.72. The molecule has 0 saturated heterocycles. The monoisotopic (exact) mass is 361 g/mol. The van der Waals surface area contributed by atoms with Gasteiger partial charge in [0, 0.05) is 35.4 Å². The van der Waals surface area contributed by atoms with Crippen LogP contribution < -0.4 is 4.74 Å². The van der Waals surface area contributed by atoms with Gasteiger partial charge in [-0.2, -0.15) is 0 Å². The highest BCUT2D eigenvalue weighted by molar-refractivity contribution is 6.30. The van der Waals surface area contributed by atoms with Crippen LogP contribution in [0.4, 0.5) is 0 Å². The van der Waals surface area contributed by atoms with Crippen LogP contribution >= 0.6 is 11.6 Å². The van der Waals surface area contributed by atoms with Crippen LogP contribution in [-0.4, -0.2) is 12.0 Å². The molecule has 0 aromatic heterocycles. The third kappa shape index (κ3) is 3.33. The Morgan fingerprint density at radius 1 is 0.923 bits per heavy atom. The quantitative estimate of drug-likeness (QED) is 0.586. The van der Waals surface area contributed by atoms with E-state index >= 15 is 0 Å². The normalized spacial score (nSPS) is 13.2. The standard InChI is InChI=1S/C23H20ClNO/c1-26-23-9-5-3-7-19(23)15-25-14-18-6-2-4-8-21(18)22(16-25)17-10-12-20(24)13-11-17/h2-13,16H,14-15H2,1H3. The molecule has 4 rings (SSSR count). The van der Waals surface area contributed by atoms with E-state index in [9.17, 15) is 0 Å². The van der Waals surface area contributed by atoms with Crippen molar-refractivity contribution in [3.63, 3.8) is 0 Å². The molecule has 0 bridgehead atoms. The molecule has 0 spiro atoms. The molecule has 0 saturated carbocycles. The predicted octanol–water partition coefficient (Wildman–Crippen LogP) is 5.75.